The van der Waals surface area contributed by atoms with Crippen LogP contribution in [0.5, 0.6) is 5.75 Å². The highest BCUT2D eigenvalue weighted by Crippen LogP contribution is 2.36. The standard InChI is InChI=1S/C20H21FN2O4S/c1-2-27-16-9-7-15(8-10-16)23-19-13-28(25,26)12-18(19)22(20(23)24)11-14-5-3-4-6-17(14)21/h3-10,18-19H,2,11-13H2,1H3. The molecule has 0 spiro atoms. The normalized spacial score (nSPS) is 23.1. The van der Waals surface area contributed by atoms with Crippen LogP contribution in [0.3, 0.4) is 0 Å². The number of hydrogen-bond donors (Lipinski definition) is 0. The molecule has 0 radical (unpaired) electrons. The number of fused-ring (bicyclic) bond motifs is 1. The fourth-order valence-corrected chi connectivity index (χ4v) is 5.89. The lowest BCUT2D eigenvalue weighted by molar-refractivity contribution is 0.205. The molecule has 2 fully saturated rings. The van der Waals surface area contributed by atoms with Crippen molar-refractivity contribution in [3.8, 4) is 5.75 Å². The highest BCUT2D eigenvalue weighted by Gasteiger charge is 2.53. The third kappa shape index (κ3) is 3.32. The summed E-state index contributed by atoms with van der Waals surface area (Å²) in [4.78, 5) is 16.2. The number of amides is 2. The van der Waals surface area contributed by atoms with Gasteiger partial charge in [-0.05, 0) is 37.3 Å². The molecule has 2 atom stereocenters. The highest BCUT2D eigenvalue weighted by atomic mass is 32.2. The highest BCUT2D eigenvalue weighted by molar-refractivity contribution is 7.91. The van der Waals surface area contributed by atoms with Crippen molar-refractivity contribution in [3.63, 3.8) is 0 Å². The van der Waals surface area contributed by atoms with Crippen molar-refractivity contribution in [2.24, 2.45) is 0 Å². The molecule has 0 aromatic heterocycles. The molecule has 0 bridgehead atoms. The first-order chi connectivity index (χ1) is 13.4. The maximum absolute atomic E-state index is 14.1. The van der Waals surface area contributed by atoms with Gasteiger partial charge in [-0.3, -0.25) is 4.90 Å². The van der Waals surface area contributed by atoms with E-state index in [-0.39, 0.29) is 24.1 Å². The summed E-state index contributed by atoms with van der Waals surface area (Å²) in [5.41, 5.74) is 0.976. The van der Waals surface area contributed by atoms with Gasteiger partial charge >= 0.3 is 6.03 Å². The van der Waals surface area contributed by atoms with Gasteiger partial charge in [0.25, 0.3) is 0 Å². The molecule has 2 aliphatic heterocycles. The third-order valence-corrected chi connectivity index (χ3v) is 6.90. The Balaban J connectivity index is 1.67. The number of carbonyl (C=O) groups is 1. The van der Waals surface area contributed by atoms with E-state index in [0.29, 0.717) is 23.6 Å². The minimum atomic E-state index is -3.28. The van der Waals surface area contributed by atoms with Crippen molar-refractivity contribution in [1.82, 2.24) is 4.90 Å². The van der Waals surface area contributed by atoms with Crippen LogP contribution in [-0.2, 0) is 16.4 Å². The Morgan fingerprint density at radius 1 is 1.07 bits per heavy atom. The van der Waals surface area contributed by atoms with Crippen LogP contribution in [0.4, 0.5) is 14.9 Å². The number of benzene rings is 2. The first-order valence-electron chi connectivity index (χ1n) is 9.16. The fraction of sp³-hybridized carbons (Fsp3) is 0.350. The van der Waals surface area contributed by atoms with E-state index < -0.39 is 27.7 Å². The molecule has 2 unspecified atom stereocenters. The Hall–Kier alpha value is -2.61. The molecule has 2 aromatic carbocycles. The van der Waals surface area contributed by atoms with Crippen LogP contribution in [0.25, 0.3) is 0 Å². The molecular formula is C20H21FN2O4S. The van der Waals surface area contributed by atoms with Gasteiger partial charge in [-0.15, -0.1) is 0 Å². The van der Waals surface area contributed by atoms with Gasteiger partial charge in [-0.1, -0.05) is 18.2 Å². The van der Waals surface area contributed by atoms with Crippen molar-refractivity contribution in [2.45, 2.75) is 25.6 Å². The first kappa shape index (κ1) is 18.7. The lowest BCUT2D eigenvalue weighted by Gasteiger charge is -2.23. The molecule has 2 aliphatic rings. The van der Waals surface area contributed by atoms with Crippen LogP contribution < -0.4 is 9.64 Å². The van der Waals surface area contributed by atoms with E-state index in [1.54, 1.807) is 42.5 Å². The van der Waals surface area contributed by atoms with Gasteiger partial charge in [0.15, 0.2) is 9.84 Å². The number of anilines is 1. The van der Waals surface area contributed by atoms with Gasteiger partial charge in [0, 0.05) is 11.3 Å². The minimum absolute atomic E-state index is 0.0374. The molecule has 28 heavy (non-hydrogen) atoms. The predicted octanol–water partition coefficient (Wildman–Crippen LogP) is 2.83. The Bertz CT molecular complexity index is 994. The number of nitrogens with zero attached hydrogens (tertiary/aromatic N) is 2. The number of carbonyl (C=O) groups excluding carboxylic acids is 1. The zero-order valence-electron chi connectivity index (χ0n) is 15.4. The smallest absolute Gasteiger partial charge is 0.325 e. The van der Waals surface area contributed by atoms with Crippen LogP contribution in [0.1, 0.15) is 12.5 Å². The summed E-state index contributed by atoms with van der Waals surface area (Å²) in [6.45, 7) is 2.45. The van der Waals surface area contributed by atoms with Crippen molar-refractivity contribution < 1.29 is 22.3 Å². The lowest BCUT2D eigenvalue weighted by Crippen LogP contribution is -2.37. The number of halogens is 1. The van der Waals surface area contributed by atoms with Crippen LogP contribution in [-0.4, -0.2) is 49.5 Å². The number of hydrogen-bond acceptors (Lipinski definition) is 4. The topological polar surface area (TPSA) is 66.9 Å². The van der Waals surface area contributed by atoms with Crippen molar-refractivity contribution >= 4 is 21.6 Å². The molecule has 8 heteroatoms. The van der Waals surface area contributed by atoms with Crippen molar-refractivity contribution in [1.29, 1.82) is 0 Å². The van der Waals surface area contributed by atoms with Crippen LogP contribution in [0, 0.1) is 5.82 Å². The third-order valence-electron chi connectivity index (χ3n) is 5.20. The van der Waals surface area contributed by atoms with Gasteiger partial charge < -0.3 is 9.64 Å². The second-order valence-electron chi connectivity index (χ2n) is 7.01. The monoisotopic (exact) mass is 404 g/mol. The molecule has 0 N–H and O–H groups in total. The zero-order chi connectivity index (χ0) is 19.9. The number of ether oxygens (including phenoxy) is 1. The van der Waals surface area contributed by atoms with Gasteiger partial charge in [0.05, 0.1) is 36.7 Å². The fourth-order valence-electron chi connectivity index (χ4n) is 3.94. The summed E-state index contributed by atoms with van der Waals surface area (Å²) in [7, 11) is -3.28. The Morgan fingerprint density at radius 2 is 1.75 bits per heavy atom. The molecule has 2 saturated heterocycles. The second kappa shape index (κ2) is 7.09. The van der Waals surface area contributed by atoms with Crippen molar-refractivity contribution in [3.05, 3.63) is 59.9 Å². The summed E-state index contributed by atoms with van der Waals surface area (Å²) >= 11 is 0. The van der Waals surface area contributed by atoms with E-state index in [1.807, 2.05) is 6.92 Å². The molecule has 148 valence electrons. The Labute approximate surface area is 163 Å². The molecule has 2 aromatic rings. The lowest BCUT2D eigenvalue weighted by atomic mass is 10.1. The molecular weight excluding hydrogens is 383 g/mol. The summed E-state index contributed by atoms with van der Waals surface area (Å²) in [5.74, 6) is 0.0689. The summed E-state index contributed by atoms with van der Waals surface area (Å²) in [6, 6.07) is 11.9. The molecule has 2 heterocycles. The number of urea groups is 1. The van der Waals surface area contributed by atoms with Crippen LogP contribution >= 0.6 is 0 Å². The average Bonchev–Trinajstić information content (AvgIpc) is 3.08. The van der Waals surface area contributed by atoms with E-state index in [2.05, 4.69) is 0 Å². The van der Waals surface area contributed by atoms with E-state index >= 15 is 0 Å². The van der Waals surface area contributed by atoms with E-state index in [4.69, 9.17) is 4.74 Å². The summed E-state index contributed by atoms with van der Waals surface area (Å²) < 4.78 is 44.1. The average molecular weight is 404 g/mol. The number of sulfone groups is 1. The Morgan fingerprint density at radius 3 is 2.43 bits per heavy atom. The predicted molar refractivity (Wildman–Crippen MR) is 104 cm³/mol. The van der Waals surface area contributed by atoms with Gasteiger partial charge in [0.2, 0.25) is 0 Å². The maximum atomic E-state index is 14.1. The van der Waals surface area contributed by atoms with Crippen LogP contribution in [0.15, 0.2) is 48.5 Å². The maximum Gasteiger partial charge on any atom is 0.325 e. The van der Waals surface area contributed by atoms with Gasteiger partial charge in [0.1, 0.15) is 11.6 Å². The quantitative estimate of drug-likeness (QED) is 0.719. The zero-order valence-corrected chi connectivity index (χ0v) is 16.2. The van der Waals surface area contributed by atoms with E-state index in [1.165, 1.54) is 15.9 Å². The molecule has 6 nitrogen and oxygen atoms in total. The largest absolute Gasteiger partial charge is 0.494 e. The summed E-state index contributed by atoms with van der Waals surface area (Å²) in [5, 5.41) is 0. The Kier molecular flexibility index (Phi) is 4.74. The van der Waals surface area contributed by atoms with Crippen molar-refractivity contribution in [2.75, 3.05) is 23.0 Å². The van der Waals surface area contributed by atoms with Gasteiger partial charge in [-0.25, -0.2) is 17.6 Å². The molecule has 0 saturated carbocycles. The number of rotatable bonds is 5. The first-order valence-corrected chi connectivity index (χ1v) is 11.0. The second-order valence-corrected chi connectivity index (χ2v) is 9.16. The van der Waals surface area contributed by atoms with Crippen LogP contribution in [0.2, 0.25) is 0 Å². The SMILES string of the molecule is CCOc1ccc(N2C(=O)N(Cc3ccccc3F)C3CS(=O)(=O)CC32)cc1. The molecule has 0 aliphatic carbocycles. The molecule has 2 amide bonds. The minimum Gasteiger partial charge on any atom is -0.494 e. The van der Waals surface area contributed by atoms with Gasteiger partial charge in [-0.2, -0.15) is 0 Å². The molecule has 4 rings (SSSR count). The summed E-state index contributed by atoms with van der Waals surface area (Å²) in [6.07, 6.45) is 0. The van der Waals surface area contributed by atoms with E-state index in [9.17, 15) is 17.6 Å². The van der Waals surface area contributed by atoms with E-state index in [0.717, 1.165) is 0 Å².